The molecule has 0 bridgehead atoms. The maximum Gasteiger partial charge on any atom is 0.451 e. The largest absolute Gasteiger partial charge is 0.451 e. The number of rotatable bonds is 4. The second-order valence-electron chi connectivity index (χ2n) is 6.78. The van der Waals surface area contributed by atoms with Gasteiger partial charge < -0.3 is 5.73 Å². The predicted molar refractivity (Wildman–Crippen MR) is 103 cm³/mol. The normalized spacial score (nSPS) is 12.8. The van der Waals surface area contributed by atoms with Crippen molar-refractivity contribution < 1.29 is 13.2 Å². The first-order valence-electron chi connectivity index (χ1n) is 8.99. The van der Waals surface area contributed by atoms with Gasteiger partial charge in [-0.1, -0.05) is 6.07 Å². The number of fused-ring (bicyclic) bond motifs is 1. The highest BCUT2D eigenvalue weighted by Crippen LogP contribution is 2.30. The molecule has 0 spiro atoms. The van der Waals surface area contributed by atoms with Gasteiger partial charge in [-0.3, -0.25) is 4.98 Å². The molecular formula is C20H16F3N7. The number of alkyl halides is 3. The summed E-state index contributed by atoms with van der Waals surface area (Å²) in [6.45, 7) is 1.90. The highest BCUT2D eigenvalue weighted by molar-refractivity contribution is 5.83. The van der Waals surface area contributed by atoms with Crippen molar-refractivity contribution in [3.8, 4) is 0 Å². The van der Waals surface area contributed by atoms with Gasteiger partial charge in [-0.25, -0.2) is 24.9 Å². The lowest BCUT2D eigenvalue weighted by Crippen LogP contribution is -2.14. The second-order valence-corrected chi connectivity index (χ2v) is 6.78. The van der Waals surface area contributed by atoms with Gasteiger partial charge in [0.15, 0.2) is 5.82 Å². The summed E-state index contributed by atoms with van der Waals surface area (Å²) in [5, 5.41) is 0. The van der Waals surface area contributed by atoms with Gasteiger partial charge in [0, 0.05) is 42.3 Å². The van der Waals surface area contributed by atoms with Crippen molar-refractivity contribution in [3.05, 3.63) is 77.5 Å². The summed E-state index contributed by atoms with van der Waals surface area (Å²) in [6, 6.07) is 7.29. The second kappa shape index (κ2) is 7.62. The Balaban J connectivity index is 1.74. The van der Waals surface area contributed by atoms with Crippen LogP contribution in [0.1, 0.15) is 34.3 Å². The van der Waals surface area contributed by atoms with Crippen LogP contribution in [0.2, 0.25) is 0 Å². The Kier molecular flexibility index (Phi) is 4.98. The lowest BCUT2D eigenvalue weighted by molar-refractivity contribution is -0.145. The molecule has 152 valence electrons. The van der Waals surface area contributed by atoms with E-state index >= 15 is 0 Å². The molecule has 4 aromatic rings. The first-order valence-corrected chi connectivity index (χ1v) is 8.99. The zero-order valence-electron chi connectivity index (χ0n) is 15.8. The maximum atomic E-state index is 12.9. The number of nitrogen functional groups attached to an aromatic ring is 1. The number of hydrogen-bond acceptors (Lipinski definition) is 7. The van der Waals surface area contributed by atoms with Crippen LogP contribution in [-0.2, 0) is 12.6 Å². The molecule has 0 unspecified atom stereocenters. The highest BCUT2D eigenvalue weighted by atomic mass is 19.4. The summed E-state index contributed by atoms with van der Waals surface area (Å²) < 4.78 is 38.6. The standard InChI is InChI=1S/C20H16F3N7/c1-11-2-4-15(25-7-11)14(12-8-26-19(27-9-12)20(21,22)23)6-13-3-5-16-17(30-13)18(24)29-10-28-16/h2-5,7-10,14H,6H2,1H3,(H2,24,28,29)/t14-/m0/s1. The van der Waals surface area contributed by atoms with Gasteiger partial charge in [0.1, 0.15) is 11.8 Å². The smallest absolute Gasteiger partial charge is 0.382 e. The molecule has 0 aromatic carbocycles. The van der Waals surface area contributed by atoms with E-state index in [4.69, 9.17) is 5.73 Å². The SMILES string of the molecule is Cc1ccc([C@@H](Cc2ccc3ncnc(N)c3n2)c2cnc(C(F)(F)F)nc2)nc1. The highest BCUT2D eigenvalue weighted by Gasteiger charge is 2.34. The number of halogens is 3. The van der Waals surface area contributed by atoms with Crippen molar-refractivity contribution in [2.24, 2.45) is 0 Å². The van der Waals surface area contributed by atoms with Crippen LogP contribution in [0.4, 0.5) is 19.0 Å². The minimum Gasteiger partial charge on any atom is -0.382 e. The zero-order valence-corrected chi connectivity index (χ0v) is 15.8. The van der Waals surface area contributed by atoms with E-state index in [-0.39, 0.29) is 5.82 Å². The Morgan fingerprint density at radius 2 is 1.70 bits per heavy atom. The molecule has 0 aliphatic heterocycles. The van der Waals surface area contributed by atoms with Crippen LogP contribution < -0.4 is 5.73 Å². The molecule has 10 heteroatoms. The van der Waals surface area contributed by atoms with E-state index in [9.17, 15) is 13.2 Å². The molecule has 4 rings (SSSR count). The summed E-state index contributed by atoms with van der Waals surface area (Å²) in [5.41, 5.74) is 9.77. The molecule has 7 nitrogen and oxygen atoms in total. The molecule has 2 N–H and O–H groups in total. The first kappa shape index (κ1) is 19.6. The zero-order chi connectivity index (χ0) is 21.3. The van der Waals surface area contributed by atoms with Gasteiger partial charge in [-0.2, -0.15) is 13.2 Å². The quantitative estimate of drug-likeness (QED) is 0.548. The van der Waals surface area contributed by atoms with Crippen molar-refractivity contribution in [1.29, 1.82) is 0 Å². The van der Waals surface area contributed by atoms with Crippen molar-refractivity contribution in [1.82, 2.24) is 29.9 Å². The number of anilines is 1. The van der Waals surface area contributed by atoms with E-state index in [1.165, 1.54) is 18.7 Å². The van der Waals surface area contributed by atoms with Gasteiger partial charge in [-0.05, 0) is 36.2 Å². The molecule has 4 heterocycles. The fraction of sp³-hybridized carbons (Fsp3) is 0.200. The third-order valence-corrected chi connectivity index (χ3v) is 4.60. The van der Waals surface area contributed by atoms with Crippen molar-refractivity contribution in [3.63, 3.8) is 0 Å². The fourth-order valence-electron chi connectivity index (χ4n) is 3.07. The summed E-state index contributed by atoms with van der Waals surface area (Å²) in [6.07, 6.45) is 1.17. The van der Waals surface area contributed by atoms with Gasteiger partial charge in [0.2, 0.25) is 5.82 Å². The van der Waals surface area contributed by atoms with E-state index in [2.05, 4.69) is 29.9 Å². The molecule has 0 amide bonds. The third kappa shape index (κ3) is 4.02. The molecule has 30 heavy (non-hydrogen) atoms. The monoisotopic (exact) mass is 411 g/mol. The van der Waals surface area contributed by atoms with E-state index in [1.54, 1.807) is 18.3 Å². The third-order valence-electron chi connectivity index (χ3n) is 4.60. The Bertz CT molecular complexity index is 1180. The predicted octanol–water partition coefficient (Wildman–Crippen LogP) is 3.49. The van der Waals surface area contributed by atoms with Gasteiger partial charge in [0.25, 0.3) is 0 Å². The number of aromatic nitrogens is 6. The number of aryl methyl sites for hydroxylation is 1. The Morgan fingerprint density at radius 3 is 2.37 bits per heavy atom. The molecule has 0 saturated carbocycles. The van der Waals surface area contributed by atoms with E-state index in [0.29, 0.717) is 34.4 Å². The molecule has 0 radical (unpaired) electrons. The van der Waals surface area contributed by atoms with E-state index in [1.807, 2.05) is 19.1 Å². The van der Waals surface area contributed by atoms with Crippen LogP contribution in [0.25, 0.3) is 11.0 Å². The molecule has 0 fully saturated rings. The van der Waals surface area contributed by atoms with E-state index in [0.717, 1.165) is 5.56 Å². The van der Waals surface area contributed by atoms with Crippen LogP contribution >= 0.6 is 0 Å². The summed E-state index contributed by atoms with van der Waals surface area (Å²) in [7, 11) is 0. The van der Waals surface area contributed by atoms with Gasteiger partial charge in [-0.15, -0.1) is 0 Å². The van der Waals surface area contributed by atoms with Crippen LogP contribution in [0.15, 0.2) is 49.2 Å². The van der Waals surface area contributed by atoms with Crippen molar-refractivity contribution in [2.75, 3.05) is 5.73 Å². The first-order chi connectivity index (χ1) is 14.3. The number of nitrogens with zero attached hydrogens (tertiary/aromatic N) is 6. The maximum absolute atomic E-state index is 12.9. The number of nitrogens with two attached hydrogens (primary N) is 1. The van der Waals surface area contributed by atoms with Crippen molar-refractivity contribution >= 4 is 16.9 Å². The van der Waals surface area contributed by atoms with Crippen LogP contribution in [0.5, 0.6) is 0 Å². The number of hydrogen-bond donors (Lipinski definition) is 1. The summed E-state index contributed by atoms with van der Waals surface area (Å²) in [4.78, 5) is 24.1. The van der Waals surface area contributed by atoms with Crippen LogP contribution in [0.3, 0.4) is 0 Å². The molecule has 1 atom stereocenters. The molecule has 0 saturated heterocycles. The minimum absolute atomic E-state index is 0.254. The Hall–Kier alpha value is -3.69. The average Bonchev–Trinajstić information content (AvgIpc) is 2.73. The molecule has 0 aliphatic rings. The van der Waals surface area contributed by atoms with Crippen LogP contribution in [-0.4, -0.2) is 29.9 Å². The average molecular weight is 411 g/mol. The van der Waals surface area contributed by atoms with E-state index < -0.39 is 17.9 Å². The lowest BCUT2D eigenvalue weighted by Gasteiger charge is -2.17. The number of pyridine rings is 2. The topological polar surface area (TPSA) is 103 Å². The lowest BCUT2D eigenvalue weighted by atomic mass is 9.92. The van der Waals surface area contributed by atoms with Gasteiger partial charge >= 0.3 is 6.18 Å². The van der Waals surface area contributed by atoms with Crippen molar-refractivity contribution in [2.45, 2.75) is 25.4 Å². The molecule has 0 aliphatic carbocycles. The van der Waals surface area contributed by atoms with Crippen LogP contribution in [0, 0.1) is 6.92 Å². The Morgan fingerprint density at radius 1 is 0.933 bits per heavy atom. The Labute approximate surface area is 169 Å². The minimum atomic E-state index is -4.60. The summed E-state index contributed by atoms with van der Waals surface area (Å²) in [5.74, 6) is -1.33. The molecule has 4 aromatic heterocycles. The van der Waals surface area contributed by atoms with Gasteiger partial charge in [0.05, 0.1) is 5.52 Å². The fourth-order valence-corrected chi connectivity index (χ4v) is 3.07. The molecular weight excluding hydrogens is 395 g/mol. The summed E-state index contributed by atoms with van der Waals surface area (Å²) >= 11 is 0.